The minimum Gasteiger partial charge on any atom is -0.495 e. The summed E-state index contributed by atoms with van der Waals surface area (Å²) in [5, 5.41) is 0. The number of amides is 1. The second-order valence-electron chi connectivity index (χ2n) is 5.02. The van der Waals surface area contributed by atoms with Gasteiger partial charge in [-0.2, -0.15) is 0 Å². The van der Waals surface area contributed by atoms with Gasteiger partial charge >= 0.3 is 0 Å². The third-order valence-corrected chi connectivity index (χ3v) is 4.39. The van der Waals surface area contributed by atoms with Gasteiger partial charge in [0.2, 0.25) is 0 Å². The lowest BCUT2D eigenvalue weighted by atomic mass is 10.0. The average molecular weight is 283 g/mol. The van der Waals surface area contributed by atoms with Gasteiger partial charge in [-0.05, 0) is 31.7 Å². The van der Waals surface area contributed by atoms with E-state index in [4.69, 9.17) is 9.47 Å². The number of carbonyl (C=O) groups is 1. The molecule has 1 aromatic rings. The number of carbonyl (C=O) groups excluding carboxylic acids is 1. The Kier molecular flexibility index (Phi) is 4.82. The number of ether oxygens (including phenoxy) is 2. The molecular formula is C14H21NO3S. The Labute approximate surface area is 118 Å². The van der Waals surface area contributed by atoms with Crippen LogP contribution in [0.15, 0.2) is 6.07 Å². The quantitative estimate of drug-likeness (QED) is 0.852. The Morgan fingerprint density at radius 2 is 2.42 bits per heavy atom. The molecule has 0 aromatic carbocycles. The SMILES string of the molecule is COc1cc(C)sc1C(=O)N(C)C[C@@H]1CCCOC1. The number of nitrogens with zero attached hydrogens (tertiary/aromatic N) is 1. The molecule has 0 aliphatic carbocycles. The maximum absolute atomic E-state index is 12.4. The summed E-state index contributed by atoms with van der Waals surface area (Å²) in [6.45, 7) is 4.35. The molecule has 1 amide bonds. The van der Waals surface area contributed by atoms with Crippen molar-refractivity contribution in [3.8, 4) is 5.75 Å². The summed E-state index contributed by atoms with van der Waals surface area (Å²) >= 11 is 1.49. The first-order chi connectivity index (χ1) is 9.11. The monoisotopic (exact) mass is 283 g/mol. The Morgan fingerprint density at radius 1 is 1.63 bits per heavy atom. The Hall–Kier alpha value is -1.07. The number of hydrogen-bond donors (Lipinski definition) is 0. The molecule has 5 heteroatoms. The highest BCUT2D eigenvalue weighted by Crippen LogP contribution is 2.30. The van der Waals surface area contributed by atoms with E-state index in [9.17, 15) is 4.79 Å². The van der Waals surface area contributed by atoms with Crippen molar-refractivity contribution in [2.75, 3.05) is 33.9 Å². The third kappa shape index (κ3) is 3.48. The molecule has 0 spiro atoms. The van der Waals surface area contributed by atoms with Crippen molar-refractivity contribution in [3.63, 3.8) is 0 Å². The van der Waals surface area contributed by atoms with E-state index in [0.29, 0.717) is 16.5 Å². The predicted octanol–water partition coefficient (Wildman–Crippen LogP) is 2.56. The molecule has 1 aliphatic heterocycles. The molecule has 1 aliphatic rings. The molecule has 1 fully saturated rings. The molecule has 2 heterocycles. The van der Waals surface area contributed by atoms with Gasteiger partial charge in [0, 0.05) is 25.1 Å². The number of rotatable bonds is 4. The second kappa shape index (κ2) is 6.39. The van der Waals surface area contributed by atoms with Crippen molar-refractivity contribution in [2.24, 2.45) is 5.92 Å². The first-order valence-corrected chi connectivity index (χ1v) is 7.41. The van der Waals surface area contributed by atoms with E-state index in [-0.39, 0.29) is 5.91 Å². The molecule has 4 nitrogen and oxygen atoms in total. The van der Waals surface area contributed by atoms with E-state index < -0.39 is 0 Å². The summed E-state index contributed by atoms with van der Waals surface area (Å²) in [5.41, 5.74) is 0. The summed E-state index contributed by atoms with van der Waals surface area (Å²) in [6.07, 6.45) is 2.23. The summed E-state index contributed by atoms with van der Waals surface area (Å²) in [4.78, 5) is 16.0. The third-order valence-electron chi connectivity index (χ3n) is 3.37. The normalized spacial score (nSPS) is 19.2. The lowest BCUT2D eigenvalue weighted by Crippen LogP contribution is -2.34. The topological polar surface area (TPSA) is 38.8 Å². The Bertz CT molecular complexity index is 438. The lowest BCUT2D eigenvalue weighted by molar-refractivity contribution is 0.0389. The molecule has 106 valence electrons. The van der Waals surface area contributed by atoms with E-state index in [1.807, 2.05) is 20.0 Å². The van der Waals surface area contributed by atoms with Gasteiger partial charge in [-0.3, -0.25) is 4.79 Å². The van der Waals surface area contributed by atoms with Crippen LogP contribution in [-0.4, -0.2) is 44.7 Å². The van der Waals surface area contributed by atoms with Gasteiger partial charge in [0.25, 0.3) is 5.91 Å². The van der Waals surface area contributed by atoms with Gasteiger partial charge in [0.15, 0.2) is 0 Å². The van der Waals surface area contributed by atoms with Gasteiger partial charge in [-0.15, -0.1) is 11.3 Å². The van der Waals surface area contributed by atoms with Crippen LogP contribution in [0.25, 0.3) is 0 Å². The molecule has 2 rings (SSSR count). The molecule has 1 aromatic heterocycles. The van der Waals surface area contributed by atoms with E-state index in [1.165, 1.54) is 11.3 Å². The van der Waals surface area contributed by atoms with Crippen molar-refractivity contribution < 1.29 is 14.3 Å². The fraction of sp³-hybridized carbons (Fsp3) is 0.643. The molecule has 0 N–H and O–H groups in total. The highest BCUT2D eigenvalue weighted by Gasteiger charge is 2.23. The van der Waals surface area contributed by atoms with Crippen LogP contribution >= 0.6 is 11.3 Å². The van der Waals surface area contributed by atoms with Crippen LogP contribution in [0, 0.1) is 12.8 Å². The molecule has 0 unspecified atom stereocenters. The number of aryl methyl sites for hydroxylation is 1. The summed E-state index contributed by atoms with van der Waals surface area (Å²) < 4.78 is 10.7. The van der Waals surface area contributed by atoms with E-state index in [1.54, 1.807) is 12.0 Å². The van der Waals surface area contributed by atoms with Gasteiger partial charge in [-0.1, -0.05) is 0 Å². The standard InChI is InChI=1S/C14H21NO3S/c1-10-7-12(17-3)13(19-10)14(16)15(2)8-11-5-4-6-18-9-11/h7,11H,4-6,8-9H2,1-3H3/t11-/m0/s1. The van der Waals surface area contributed by atoms with E-state index >= 15 is 0 Å². The largest absolute Gasteiger partial charge is 0.495 e. The van der Waals surface area contributed by atoms with Gasteiger partial charge in [0.05, 0.1) is 13.7 Å². The Morgan fingerprint density at radius 3 is 3.05 bits per heavy atom. The first kappa shape index (κ1) is 14.3. The predicted molar refractivity (Wildman–Crippen MR) is 76.1 cm³/mol. The lowest BCUT2D eigenvalue weighted by Gasteiger charge is -2.27. The summed E-state index contributed by atoms with van der Waals surface area (Å²) in [5.74, 6) is 1.18. The van der Waals surface area contributed by atoms with Crippen LogP contribution in [0.5, 0.6) is 5.75 Å². The van der Waals surface area contributed by atoms with Crippen LogP contribution in [0.4, 0.5) is 0 Å². The van der Waals surface area contributed by atoms with Crippen molar-refractivity contribution in [1.29, 1.82) is 0 Å². The minimum atomic E-state index is 0.0422. The van der Waals surface area contributed by atoms with Crippen LogP contribution < -0.4 is 4.74 Å². The zero-order valence-electron chi connectivity index (χ0n) is 11.8. The fourth-order valence-corrected chi connectivity index (χ4v) is 3.36. The van der Waals surface area contributed by atoms with Gasteiger partial charge in [0.1, 0.15) is 10.6 Å². The molecular weight excluding hydrogens is 262 g/mol. The second-order valence-corrected chi connectivity index (χ2v) is 6.28. The van der Waals surface area contributed by atoms with Crippen molar-refractivity contribution >= 4 is 17.2 Å². The van der Waals surface area contributed by atoms with Crippen molar-refractivity contribution in [2.45, 2.75) is 19.8 Å². The molecule has 19 heavy (non-hydrogen) atoms. The molecule has 1 saturated heterocycles. The summed E-state index contributed by atoms with van der Waals surface area (Å²) in [7, 11) is 3.46. The van der Waals surface area contributed by atoms with Crippen LogP contribution in [0.3, 0.4) is 0 Å². The first-order valence-electron chi connectivity index (χ1n) is 6.59. The molecule has 0 radical (unpaired) electrons. The van der Waals surface area contributed by atoms with Crippen LogP contribution in [-0.2, 0) is 4.74 Å². The highest BCUT2D eigenvalue weighted by molar-refractivity contribution is 7.14. The molecule has 1 atom stereocenters. The Balaban J connectivity index is 2.01. The summed E-state index contributed by atoms with van der Waals surface area (Å²) in [6, 6.07) is 1.91. The van der Waals surface area contributed by atoms with E-state index in [2.05, 4.69) is 0 Å². The van der Waals surface area contributed by atoms with Gasteiger partial charge < -0.3 is 14.4 Å². The number of hydrogen-bond acceptors (Lipinski definition) is 4. The maximum Gasteiger partial charge on any atom is 0.267 e. The fourth-order valence-electron chi connectivity index (χ4n) is 2.39. The zero-order valence-corrected chi connectivity index (χ0v) is 12.6. The average Bonchev–Trinajstić information content (AvgIpc) is 2.80. The smallest absolute Gasteiger partial charge is 0.267 e. The minimum absolute atomic E-state index is 0.0422. The number of thiophene rings is 1. The van der Waals surface area contributed by atoms with Crippen LogP contribution in [0.2, 0.25) is 0 Å². The molecule has 0 bridgehead atoms. The van der Waals surface area contributed by atoms with Gasteiger partial charge in [-0.25, -0.2) is 0 Å². The number of methoxy groups -OCH3 is 1. The maximum atomic E-state index is 12.4. The van der Waals surface area contributed by atoms with Crippen molar-refractivity contribution in [3.05, 3.63) is 15.8 Å². The van der Waals surface area contributed by atoms with Crippen molar-refractivity contribution in [1.82, 2.24) is 4.90 Å². The molecule has 0 saturated carbocycles. The van der Waals surface area contributed by atoms with Crippen LogP contribution in [0.1, 0.15) is 27.4 Å². The van der Waals surface area contributed by atoms with E-state index in [0.717, 1.165) is 37.5 Å². The highest BCUT2D eigenvalue weighted by atomic mass is 32.1. The zero-order chi connectivity index (χ0) is 13.8.